The number of hydrogen-bond acceptors (Lipinski definition) is 4. The number of anilines is 1. The summed E-state index contributed by atoms with van der Waals surface area (Å²) in [6.45, 7) is 5.99. The summed E-state index contributed by atoms with van der Waals surface area (Å²) >= 11 is 0. The van der Waals surface area contributed by atoms with Gasteiger partial charge in [-0.2, -0.15) is 0 Å². The SMILES string of the molecule is CCOCCN(CC)C(=O)Nc1ccc(CC(=O)O)nc1. The molecule has 0 saturated heterocycles. The zero-order valence-electron chi connectivity index (χ0n) is 12.3. The Labute approximate surface area is 123 Å². The summed E-state index contributed by atoms with van der Waals surface area (Å²) in [5.74, 6) is -0.938. The number of aromatic nitrogens is 1. The van der Waals surface area contributed by atoms with Crippen LogP contribution >= 0.6 is 0 Å². The quantitative estimate of drug-likeness (QED) is 0.711. The molecule has 0 bridgehead atoms. The van der Waals surface area contributed by atoms with Crippen molar-refractivity contribution in [2.75, 3.05) is 31.6 Å². The lowest BCUT2D eigenvalue weighted by Crippen LogP contribution is -2.37. The number of carbonyl (C=O) groups is 2. The van der Waals surface area contributed by atoms with Crippen molar-refractivity contribution in [3.05, 3.63) is 24.0 Å². The number of carboxylic acid groups (broad SMARTS) is 1. The highest BCUT2D eigenvalue weighted by Gasteiger charge is 2.11. The smallest absolute Gasteiger partial charge is 0.321 e. The van der Waals surface area contributed by atoms with Gasteiger partial charge in [-0.05, 0) is 26.0 Å². The van der Waals surface area contributed by atoms with Crippen LogP contribution in [0, 0.1) is 0 Å². The van der Waals surface area contributed by atoms with E-state index in [-0.39, 0.29) is 12.5 Å². The maximum Gasteiger partial charge on any atom is 0.321 e. The predicted octanol–water partition coefficient (Wildman–Crippen LogP) is 1.60. The Morgan fingerprint density at radius 3 is 2.67 bits per heavy atom. The summed E-state index contributed by atoms with van der Waals surface area (Å²) in [4.78, 5) is 28.2. The molecule has 0 unspecified atom stereocenters. The zero-order valence-corrected chi connectivity index (χ0v) is 12.3. The number of hydrogen-bond donors (Lipinski definition) is 2. The molecular weight excluding hydrogens is 274 g/mol. The lowest BCUT2D eigenvalue weighted by molar-refractivity contribution is -0.136. The number of pyridine rings is 1. The molecule has 0 aliphatic carbocycles. The number of aliphatic carboxylic acids is 1. The highest BCUT2D eigenvalue weighted by Crippen LogP contribution is 2.08. The van der Waals surface area contributed by atoms with Gasteiger partial charge in [-0.3, -0.25) is 9.78 Å². The molecule has 0 aliphatic heterocycles. The van der Waals surface area contributed by atoms with Gasteiger partial charge in [-0.1, -0.05) is 0 Å². The molecule has 0 aromatic carbocycles. The van der Waals surface area contributed by atoms with Gasteiger partial charge in [0, 0.05) is 19.7 Å². The minimum atomic E-state index is -0.938. The lowest BCUT2D eigenvalue weighted by Gasteiger charge is -2.21. The third-order valence-corrected chi connectivity index (χ3v) is 2.79. The van der Waals surface area contributed by atoms with Crippen molar-refractivity contribution in [2.45, 2.75) is 20.3 Å². The molecule has 0 aliphatic rings. The van der Waals surface area contributed by atoms with Crippen LogP contribution in [0.3, 0.4) is 0 Å². The van der Waals surface area contributed by atoms with Gasteiger partial charge in [-0.25, -0.2) is 4.79 Å². The second-order valence-electron chi connectivity index (χ2n) is 4.32. The molecule has 1 rings (SSSR count). The highest BCUT2D eigenvalue weighted by atomic mass is 16.5. The molecule has 0 fully saturated rings. The monoisotopic (exact) mass is 295 g/mol. The van der Waals surface area contributed by atoms with E-state index in [1.54, 1.807) is 17.0 Å². The van der Waals surface area contributed by atoms with Gasteiger partial charge in [0.2, 0.25) is 0 Å². The Morgan fingerprint density at radius 2 is 2.14 bits per heavy atom. The first kappa shape index (κ1) is 16.9. The molecule has 2 amide bonds. The minimum absolute atomic E-state index is 0.135. The van der Waals surface area contributed by atoms with Crippen LogP contribution in [0.5, 0.6) is 0 Å². The first-order valence-corrected chi connectivity index (χ1v) is 6.87. The Morgan fingerprint density at radius 1 is 1.38 bits per heavy atom. The molecular formula is C14H21N3O4. The van der Waals surface area contributed by atoms with Gasteiger partial charge in [0.1, 0.15) is 0 Å². The molecule has 1 aromatic heterocycles. The number of likely N-dealkylation sites (N-methyl/N-ethyl adjacent to an activating group) is 1. The third kappa shape index (κ3) is 6.22. The summed E-state index contributed by atoms with van der Waals surface area (Å²) in [7, 11) is 0. The standard InChI is InChI=1S/C14H21N3O4/c1-3-17(7-8-21-4-2)14(20)16-12-6-5-11(15-10-12)9-13(18)19/h5-6,10H,3-4,7-9H2,1-2H3,(H,16,20)(H,18,19). The summed E-state index contributed by atoms with van der Waals surface area (Å²) in [6.07, 6.45) is 1.32. The average Bonchev–Trinajstić information content (AvgIpc) is 2.45. The molecule has 21 heavy (non-hydrogen) atoms. The fourth-order valence-electron chi connectivity index (χ4n) is 1.68. The Bertz CT molecular complexity index is 462. The predicted molar refractivity (Wildman–Crippen MR) is 78.3 cm³/mol. The third-order valence-electron chi connectivity index (χ3n) is 2.79. The maximum absolute atomic E-state index is 12.0. The number of urea groups is 1. The van der Waals surface area contributed by atoms with Crippen molar-refractivity contribution >= 4 is 17.7 Å². The lowest BCUT2D eigenvalue weighted by atomic mass is 10.2. The van der Waals surface area contributed by atoms with Crippen molar-refractivity contribution in [2.24, 2.45) is 0 Å². The average molecular weight is 295 g/mol. The normalized spacial score (nSPS) is 10.2. The Balaban J connectivity index is 2.54. The molecule has 0 spiro atoms. The topological polar surface area (TPSA) is 91.8 Å². The fourth-order valence-corrected chi connectivity index (χ4v) is 1.68. The van der Waals surface area contributed by atoms with Crippen molar-refractivity contribution in [3.8, 4) is 0 Å². The van der Waals surface area contributed by atoms with Crippen molar-refractivity contribution in [1.29, 1.82) is 0 Å². The van der Waals surface area contributed by atoms with E-state index in [2.05, 4.69) is 10.3 Å². The molecule has 0 atom stereocenters. The second kappa shape index (κ2) is 8.91. The molecule has 0 radical (unpaired) electrons. The summed E-state index contributed by atoms with van der Waals surface area (Å²) in [6, 6.07) is 2.99. The van der Waals surface area contributed by atoms with Gasteiger partial charge in [-0.15, -0.1) is 0 Å². The van der Waals surface area contributed by atoms with E-state index in [0.29, 0.717) is 37.7 Å². The molecule has 1 aromatic rings. The van der Waals surface area contributed by atoms with Crippen LogP contribution in [0.15, 0.2) is 18.3 Å². The van der Waals surface area contributed by atoms with E-state index in [1.807, 2.05) is 13.8 Å². The number of ether oxygens (including phenoxy) is 1. The zero-order chi connectivity index (χ0) is 15.7. The van der Waals surface area contributed by atoms with E-state index in [1.165, 1.54) is 6.20 Å². The van der Waals surface area contributed by atoms with E-state index in [9.17, 15) is 9.59 Å². The first-order valence-electron chi connectivity index (χ1n) is 6.87. The van der Waals surface area contributed by atoms with Crippen molar-refractivity contribution in [3.63, 3.8) is 0 Å². The van der Waals surface area contributed by atoms with Crippen LogP contribution in [0.4, 0.5) is 10.5 Å². The van der Waals surface area contributed by atoms with Gasteiger partial charge < -0.3 is 20.1 Å². The largest absolute Gasteiger partial charge is 0.481 e. The van der Waals surface area contributed by atoms with Crippen molar-refractivity contribution in [1.82, 2.24) is 9.88 Å². The van der Waals surface area contributed by atoms with E-state index in [4.69, 9.17) is 9.84 Å². The number of nitrogens with zero attached hydrogens (tertiary/aromatic N) is 2. The van der Waals surface area contributed by atoms with Crippen LogP contribution in [-0.2, 0) is 16.0 Å². The number of carboxylic acids is 1. The van der Waals surface area contributed by atoms with Crippen LogP contribution in [-0.4, -0.2) is 53.3 Å². The first-order chi connectivity index (χ1) is 10.1. The molecule has 2 N–H and O–H groups in total. The van der Waals surface area contributed by atoms with E-state index >= 15 is 0 Å². The van der Waals surface area contributed by atoms with Crippen LogP contribution in [0.2, 0.25) is 0 Å². The highest BCUT2D eigenvalue weighted by molar-refractivity contribution is 5.89. The van der Waals surface area contributed by atoms with Gasteiger partial charge >= 0.3 is 12.0 Å². The van der Waals surface area contributed by atoms with Crippen molar-refractivity contribution < 1.29 is 19.4 Å². The molecule has 0 saturated carbocycles. The summed E-state index contributed by atoms with van der Waals surface area (Å²) in [5, 5.41) is 11.4. The molecule has 7 nitrogen and oxygen atoms in total. The van der Waals surface area contributed by atoms with Gasteiger partial charge in [0.05, 0.1) is 30.6 Å². The Kier molecular flexibility index (Phi) is 7.17. The number of rotatable bonds is 8. The van der Waals surface area contributed by atoms with E-state index < -0.39 is 5.97 Å². The fraction of sp³-hybridized carbons (Fsp3) is 0.500. The Hall–Kier alpha value is -2.15. The second-order valence-corrected chi connectivity index (χ2v) is 4.32. The van der Waals surface area contributed by atoms with E-state index in [0.717, 1.165) is 0 Å². The summed E-state index contributed by atoms with van der Waals surface area (Å²) in [5.41, 5.74) is 0.980. The van der Waals surface area contributed by atoms with Gasteiger partial charge in [0.15, 0.2) is 0 Å². The number of nitrogens with one attached hydrogen (secondary N) is 1. The molecule has 1 heterocycles. The minimum Gasteiger partial charge on any atom is -0.481 e. The van der Waals surface area contributed by atoms with Crippen LogP contribution in [0.1, 0.15) is 19.5 Å². The maximum atomic E-state index is 12.0. The molecule has 7 heteroatoms. The number of amides is 2. The number of carbonyl (C=O) groups excluding carboxylic acids is 1. The summed E-state index contributed by atoms with van der Waals surface area (Å²) < 4.78 is 5.23. The van der Waals surface area contributed by atoms with Crippen LogP contribution < -0.4 is 5.32 Å². The van der Waals surface area contributed by atoms with Crippen LogP contribution in [0.25, 0.3) is 0 Å². The van der Waals surface area contributed by atoms with Gasteiger partial charge in [0.25, 0.3) is 0 Å². The molecule has 116 valence electrons.